The summed E-state index contributed by atoms with van der Waals surface area (Å²) in [5, 5.41) is 11.3. The van der Waals surface area contributed by atoms with Gasteiger partial charge in [-0.1, -0.05) is 295 Å². The van der Waals surface area contributed by atoms with Crippen LogP contribution >= 0.6 is 0 Å². The van der Waals surface area contributed by atoms with E-state index >= 15 is 0 Å². The van der Waals surface area contributed by atoms with Crippen LogP contribution in [0.1, 0.15) is 317 Å². The number of aromatic nitrogens is 2. The molecule has 2 N–H and O–H groups in total. The minimum atomic E-state index is -3.20. The number of ketones is 1. The summed E-state index contributed by atoms with van der Waals surface area (Å²) in [6.07, 6.45) is 54.6. The van der Waals surface area contributed by atoms with Crippen LogP contribution in [-0.4, -0.2) is 49.0 Å². The first kappa shape index (κ1) is 71.5. The first-order valence-electron chi connectivity index (χ1n) is 34.2. The van der Waals surface area contributed by atoms with E-state index in [9.17, 15) is 23.3 Å². The number of ether oxygens (including phenoxy) is 3. The zero-order chi connectivity index (χ0) is 59.9. The Morgan fingerprint density at radius 3 is 1.10 bits per heavy atom. The van der Waals surface area contributed by atoms with E-state index in [0.717, 1.165) is 50.2 Å². The standard InChI is InChI=1S/C72H113BF2N2O7/c1-4-7-10-13-16-19-22-25-28-31-34-37-40-43-54-81-69-57-62(64-51-53-66(77-64)68(84-73(74)75)59-67(78)65-52-50-63(76-65)60-46-48-61(49-47-60)72(79)80)58-70(82-55-44-41-38-35-32-29-26-23-20-17-14-11-8-5-2)71(69)83-56-45-42-39-36-33-30-27-24-21-18-15-12-9-6-3/h46-53,57-59,76-77H,4-45,54-56H2,1-3H3,(H,79,80)/p-1/b68-59+. The number of hydrogen-bond acceptors (Lipinski definition) is 7. The molecule has 0 unspecified atom stereocenters. The number of carbonyl (C=O) groups excluding carboxylic acids is 2. The van der Waals surface area contributed by atoms with Gasteiger partial charge in [0.15, 0.2) is 11.5 Å². The Balaban J connectivity index is 1.46. The highest BCUT2D eigenvalue weighted by molar-refractivity contribution is 6.36. The minimum absolute atomic E-state index is 0.0243. The maximum atomic E-state index is 14.1. The number of aromatic amines is 2. The van der Waals surface area contributed by atoms with Crippen molar-refractivity contribution in [3.05, 3.63) is 83.7 Å². The quantitative estimate of drug-likeness (QED) is 0.0148. The average molecular weight is 1170 g/mol. The van der Waals surface area contributed by atoms with E-state index in [1.54, 1.807) is 36.4 Å². The Bertz CT molecular complexity index is 2260. The second-order valence-electron chi connectivity index (χ2n) is 23.8. The number of allylic oxidation sites excluding steroid dienone is 1. The highest BCUT2D eigenvalue weighted by Gasteiger charge is 2.24. The Morgan fingerprint density at radius 1 is 0.417 bits per heavy atom. The predicted molar refractivity (Wildman–Crippen MR) is 346 cm³/mol. The molecule has 9 nitrogen and oxygen atoms in total. The van der Waals surface area contributed by atoms with Gasteiger partial charge in [0, 0.05) is 23.0 Å². The maximum Gasteiger partial charge on any atom is 0.796 e. The second-order valence-corrected chi connectivity index (χ2v) is 23.8. The Labute approximate surface area is 508 Å². The lowest BCUT2D eigenvalue weighted by molar-refractivity contribution is -0.255. The van der Waals surface area contributed by atoms with E-state index in [1.807, 2.05) is 12.1 Å². The van der Waals surface area contributed by atoms with Gasteiger partial charge in [0.2, 0.25) is 11.5 Å². The molecule has 470 valence electrons. The van der Waals surface area contributed by atoms with Crippen molar-refractivity contribution in [3.8, 4) is 39.8 Å². The van der Waals surface area contributed by atoms with Crippen LogP contribution in [0.15, 0.2) is 66.7 Å². The lowest BCUT2D eigenvalue weighted by atomic mass is 10.0. The molecule has 4 aromatic rings. The van der Waals surface area contributed by atoms with Gasteiger partial charge in [-0.15, -0.1) is 0 Å². The third kappa shape index (κ3) is 31.9. The van der Waals surface area contributed by atoms with Gasteiger partial charge in [-0.2, -0.15) is 0 Å². The summed E-state index contributed by atoms with van der Waals surface area (Å²) in [5.74, 6) is -0.427. The summed E-state index contributed by atoms with van der Waals surface area (Å²) < 4.78 is 53.2. The number of unbranched alkanes of at least 4 members (excludes halogenated alkanes) is 39. The molecule has 4 rings (SSSR count). The van der Waals surface area contributed by atoms with E-state index in [4.69, 9.17) is 18.9 Å². The van der Waals surface area contributed by atoms with Crippen LogP contribution in [0.3, 0.4) is 0 Å². The summed E-state index contributed by atoms with van der Waals surface area (Å²) in [4.78, 5) is 31.2. The van der Waals surface area contributed by atoms with E-state index in [0.29, 0.717) is 54.0 Å². The van der Waals surface area contributed by atoms with Crippen molar-refractivity contribution in [3.63, 3.8) is 0 Å². The second kappa shape index (κ2) is 47.2. The molecule has 12 heteroatoms. The lowest BCUT2D eigenvalue weighted by Crippen LogP contribution is -2.21. The fourth-order valence-electron chi connectivity index (χ4n) is 11.2. The van der Waals surface area contributed by atoms with Crippen molar-refractivity contribution < 1.29 is 42.2 Å². The maximum absolute atomic E-state index is 14.1. The molecular formula is C72H112BF2N2O7-. The van der Waals surface area contributed by atoms with Gasteiger partial charge in [-0.25, -0.2) is 8.63 Å². The van der Waals surface area contributed by atoms with Gasteiger partial charge >= 0.3 is 7.47 Å². The first-order valence-corrected chi connectivity index (χ1v) is 34.2. The summed E-state index contributed by atoms with van der Waals surface area (Å²) >= 11 is 0. The van der Waals surface area contributed by atoms with Crippen LogP contribution in [0.4, 0.5) is 8.63 Å². The van der Waals surface area contributed by atoms with Crippen molar-refractivity contribution in [2.45, 2.75) is 290 Å². The largest absolute Gasteiger partial charge is 0.796 e. The van der Waals surface area contributed by atoms with Crippen molar-refractivity contribution >= 4 is 25.0 Å². The molecule has 0 fully saturated rings. The topological polar surface area (TPSA) is 126 Å². The highest BCUT2D eigenvalue weighted by atomic mass is 19.2. The zero-order valence-corrected chi connectivity index (χ0v) is 52.9. The van der Waals surface area contributed by atoms with Crippen LogP contribution in [0, 0.1) is 0 Å². The number of carboxylic acids is 1. The smallest absolute Gasteiger partial charge is 0.545 e. The van der Waals surface area contributed by atoms with Gasteiger partial charge < -0.3 is 38.7 Å². The van der Waals surface area contributed by atoms with E-state index in [-0.39, 0.29) is 22.7 Å². The van der Waals surface area contributed by atoms with Crippen LogP contribution in [0.5, 0.6) is 17.2 Å². The van der Waals surface area contributed by atoms with Gasteiger partial charge in [-0.05, 0) is 66.8 Å². The molecule has 0 aliphatic carbocycles. The fourth-order valence-corrected chi connectivity index (χ4v) is 11.2. The minimum Gasteiger partial charge on any atom is -0.545 e. The van der Waals surface area contributed by atoms with E-state index < -0.39 is 19.2 Å². The third-order valence-electron chi connectivity index (χ3n) is 16.4. The molecule has 0 radical (unpaired) electrons. The van der Waals surface area contributed by atoms with E-state index in [1.165, 1.54) is 243 Å². The molecule has 0 atom stereocenters. The molecule has 0 bridgehead atoms. The molecule has 0 saturated carbocycles. The first-order chi connectivity index (χ1) is 41.2. The molecule has 2 aromatic heterocycles. The highest BCUT2D eigenvalue weighted by Crippen LogP contribution is 2.43. The van der Waals surface area contributed by atoms with Crippen LogP contribution in [-0.2, 0) is 4.65 Å². The van der Waals surface area contributed by atoms with Crippen molar-refractivity contribution in [2.75, 3.05) is 19.8 Å². The summed E-state index contributed by atoms with van der Waals surface area (Å²) in [6.45, 7) is 8.41. The molecule has 0 spiro atoms. The van der Waals surface area contributed by atoms with Gasteiger partial charge in [-0.3, -0.25) is 4.79 Å². The molecule has 0 amide bonds. The third-order valence-corrected chi connectivity index (χ3v) is 16.4. The van der Waals surface area contributed by atoms with Crippen molar-refractivity contribution in [2.24, 2.45) is 0 Å². The van der Waals surface area contributed by atoms with Crippen molar-refractivity contribution in [1.82, 2.24) is 9.97 Å². The summed E-state index contributed by atoms with van der Waals surface area (Å²) in [7, 11) is -3.20. The molecule has 0 saturated heterocycles. The number of carboxylic acid groups (broad SMARTS) is 1. The Hall–Kier alpha value is -5.00. The van der Waals surface area contributed by atoms with E-state index in [2.05, 4.69) is 30.7 Å². The van der Waals surface area contributed by atoms with Gasteiger partial charge in [0.1, 0.15) is 5.76 Å². The normalized spacial score (nSPS) is 11.6. The van der Waals surface area contributed by atoms with Gasteiger partial charge in [0.05, 0.1) is 37.2 Å². The number of rotatable bonds is 56. The Morgan fingerprint density at radius 2 is 0.738 bits per heavy atom. The number of hydrogen-bond donors (Lipinski definition) is 2. The number of H-pyrrole nitrogens is 2. The lowest BCUT2D eigenvalue weighted by Gasteiger charge is -2.19. The average Bonchev–Trinajstić information content (AvgIpc) is 4.28. The Kier molecular flexibility index (Phi) is 40.2. The molecular weight excluding hydrogens is 1050 g/mol. The number of carbonyl (C=O) groups is 2. The van der Waals surface area contributed by atoms with Crippen LogP contribution in [0.2, 0.25) is 0 Å². The molecule has 0 aliphatic rings. The number of nitrogens with one attached hydrogen (secondary N) is 2. The number of benzene rings is 2. The fraction of sp³-hybridized carbons (Fsp3) is 0.667. The molecule has 84 heavy (non-hydrogen) atoms. The molecule has 2 heterocycles. The molecule has 2 aromatic carbocycles. The zero-order valence-electron chi connectivity index (χ0n) is 52.9. The molecule has 0 aliphatic heterocycles. The van der Waals surface area contributed by atoms with Crippen LogP contribution < -0.4 is 19.3 Å². The number of aromatic carboxylic acids is 1. The van der Waals surface area contributed by atoms with Crippen molar-refractivity contribution in [1.29, 1.82) is 0 Å². The van der Waals surface area contributed by atoms with Crippen LogP contribution in [0.25, 0.3) is 28.3 Å². The summed E-state index contributed by atoms with van der Waals surface area (Å²) in [5.41, 5.74) is 2.86. The predicted octanol–water partition coefficient (Wildman–Crippen LogP) is 21.8. The monoisotopic (exact) mass is 1170 g/mol. The number of halogens is 2. The SMILES string of the molecule is CCCCCCCCCCCCCCCCOc1cc(-c2ccc(/C(=C\C(=O)c3ccc(-c4ccc(C(=O)[O-])cc4)[nH]3)OB(F)F)[nH]2)cc(OCCCCCCCCCCCCCCCC)c1OCCCCCCCCCCCCCCCC. The summed E-state index contributed by atoms with van der Waals surface area (Å²) in [6, 6.07) is 16.5. The van der Waals surface area contributed by atoms with Gasteiger partial charge in [0.25, 0.3) is 0 Å².